The van der Waals surface area contributed by atoms with Crippen LogP contribution in [-0.4, -0.2) is 6.26 Å². The van der Waals surface area contributed by atoms with Gasteiger partial charge in [0.1, 0.15) is 0 Å². The standard InChI is InChI=1S/C8H9F3N2S/c1-14-7-3-6(13)5(12)2-4(7)8(9,10)11/h2-3H,12-13H2,1H3. The maximum atomic E-state index is 12.4. The van der Waals surface area contributed by atoms with Gasteiger partial charge in [0.25, 0.3) is 0 Å². The molecule has 4 N–H and O–H groups in total. The summed E-state index contributed by atoms with van der Waals surface area (Å²) in [6.07, 6.45) is -2.83. The van der Waals surface area contributed by atoms with Crippen LogP contribution in [0.4, 0.5) is 24.5 Å². The number of nitrogen functional groups attached to an aromatic ring is 2. The first-order valence-electron chi connectivity index (χ1n) is 3.66. The van der Waals surface area contributed by atoms with E-state index in [1.807, 2.05) is 0 Å². The number of hydrogen-bond donors (Lipinski definition) is 2. The average molecular weight is 222 g/mol. The van der Waals surface area contributed by atoms with Gasteiger partial charge in [0.15, 0.2) is 0 Å². The van der Waals surface area contributed by atoms with E-state index < -0.39 is 11.7 Å². The van der Waals surface area contributed by atoms with Gasteiger partial charge in [-0.25, -0.2) is 0 Å². The zero-order valence-electron chi connectivity index (χ0n) is 7.35. The minimum Gasteiger partial charge on any atom is -0.397 e. The van der Waals surface area contributed by atoms with Crippen LogP contribution in [0.5, 0.6) is 0 Å². The summed E-state index contributed by atoms with van der Waals surface area (Å²) in [4.78, 5) is 0.0872. The van der Waals surface area contributed by atoms with Gasteiger partial charge >= 0.3 is 6.18 Å². The molecule has 0 saturated heterocycles. The number of anilines is 2. The van der Waals surface area contributed by atoms with Crippen molar-refractivity contribution in [1.29, 1.82) is 0 Å². The first kappa shape index (κ1) is 11.0. The number of hydrogen-bond acceptors (Lipinski definition) is 3. The highest BCUT2D eigenvalue weighted by Crippen LogP contribution is 2.38. The lowest BCUT2D eigenvalue weighted by atomic mass is 10.1. The molecule has 0 aliphatic heterocycles. The van der Waals surface area contributed by atoms with Crippen LogP contribution in [0.2, 0.25) is 0 Å². The number of alkyl halides is 3. The summed E-state index contributed by atoms with van der Waals surface area (Å²) >= 11 is 0.990. The molecule has 0 aliphatic rings. The molecule has 6 heteroatoms. The molecule has 0 unspecified atom stereocenters. The highest BCUT2D eigenvalue weighted by Gasteiger charge is 2.33. The van der Waals surface area contributed by atoms with Gasteiger partial charge < -0.3 is 11.5 Å². The van der Waals surface area contributed by atoms with E-state index in [-0.39, 0.29) is 16.3 Å². The van der Waals surface area contributed by atoms with Gasteiger partial charge in [0.2, 0.25) is 0 Å². The summed E-state index contributed by atoms with van der Waals surface area (Å²) in [6, 6.07) is 2.10. The van der Waals surface area contributed by atoms with Crippen molar-refractivity contribution in [2.75, 3.05) is 17.7 Å². The lowest BCUT2D eigenvalue weighted by molar-refractivity contribution is -0.139. The zero-order valence-corrected chi connectivity index (χ0v) is 8.17. The Hall–Kier alpha value is -1.04. The second kappa shape index (κ2) is 3.61. The molecular weight excluding hydrogens is 213 g/mol. The van der Waals surface area contributed by atoms with E-state index in [0.717, 1.165) is 17.8 Å². The zero-order chi connectivity index (χ0) is 10.9. The highest BCUT2D eigenvalue weighted by molar-refractivity contribution is 7.98. The third-order valence-electron chi connectivity index (χ3n) is 1.71. The molecule has 0 saturated carbocycles. The number of rotatable bonds is 1. The van der Waals surface area contributed by atoms with Crippen molar-refractivity contribution >= 4 is 23.1 Å². The number of nitrogens with two attached hydrogens (primary N) is 2. The van der Waals surface area contributed by atoms with Crippen LogP contribution in [0.25, 0.3) is 0 Å². The van der Waals surface area contributed by atoms with Crippen molar-refractivity contribution in [3.8, 4) is 0 Å². The molecule has 1 rings (SSSR count). The second-order valence-corrected chi connectivity index (χ2v) is 3.53. The largest absolute Gasteiger partial charge is 0.417 e. The van der Waals surface area contributed by atoms with Crippen LogP contribution in [0.1, 0.15) is 5.56 Å². The predicted octanol–water partition coefficient (Wildman–Crippen LogP) is 2.59. The topological polar surface area (TPSA) is 52.0 Å². The molecule has 0 amide bonds. The van der Waals surface area contributed by atoms with Gasteiger partial charge in [-0.05, 0) is 18.4 Å². The van der Waals surface area contributed by atoms with Crippen LogP contribution < -0.4 is 11.5 Å². The SMILES string of the molecule is CSc1cc(N)c(N)cc1C(F)(F)F. The van der Waals surface area contributed by atoms with E-state index in [4.69, 9.17) is 11.5 Å². The van der Waals surface area contributed by atoms with Gasteiger partial charge in [-0.15, -0.1) is 11.8 Å². The molecule has 1 aromatic rings. The Labute approximate surface area is 83.5 Å². The Morgan fingerprint density at radius 3 is 2.07 bits per heavy atom. The first-order valence-corrected chi connectivity index (χ1v) is 4.89. The Morgan fingerprint density at radius 2 is 1.64 bits per heavy atom. The highest BCUT2D eigenvalue weighted by atomic mass is 32.2. The van der Waals surface area contributed by atoms with Crippen LogP contribution in [0.15, 0.2) is 17.0 Å². The number of benzene rings is 1. The van der Waals surface area contributed by atoms with Crippen molar-refractivity contribution in [3.05, 3.63) is 17.7 Å². The molecule has 0 aliphatic carbocycles. The Balaban J connectivity index is 3.35. The molecule has 2 nitrogen and oxygen atoms in total. The summed E-state index contributed by atoms with van der Waals surface area (Å²) in [5, 5.41) is 0. The van der Waals surface area contributed by atoms with E-state index in [1.165, 1.54) is 6.07 Å². The van der Waals surface area contributed by atoms with Crippen molar-refractivity contribution in [2.45, 2.75) is 11.1 Å². The van der Waals surface area contributed by atoms with Crippen LogP contribution in [-0.2, 0) is 6.18 Å². The Kier molecular flexibility index (Phi) is 2.84. The molecule has 0 radical (unpaired) electrons. The van der Waals surface area contributed by atoms with Crippen molar-refractivity contribution in [3.63, 3.8) is 0 Å². The average Bonchev–Trinajstić information content (AvgIpc) is 2.07. The molecule has 1 aromatic carbocycles. The van der Waals surface area contributed by atoms with E-state index in [9.17, 15) is 13.2 Å². The Morgan fingerprint density at radius 1 is 1.14 bits per heavy atom. The fourth-order valence-electron chi connectivity index (χ4n) is 1.00. The Bertz CT molecular complexity index is 349. The second-order valence-electron chi connectivity index (χ2n) is 2.68. The predicted molar refractivity (Wildman–Crippen MR) is 52.0 cm³/mol. The third-order valence-corrected chi connectivity index (χ3v) is 2.49. The summed E-state index contributed by atoms with van der Waals surface area (Å²) in [7, 11) is 0. The quantitative estimate of drug-likeness (QED) is 0.567. The van der Waals surface area contributed by atoms with E-state index >= 15 is 0 Å². The molecule has 0 bridgehead atoms. The van der Waals surface area contributed by atoms with Crippen LogP contribution >= 0.6 is 11.8 Å². The third kappa shape index (κ3) is 2.06. The van der Waals surface area contributed by atoms with Crippen LogP contribution in [0, 0.1) is 0 Å². The number of halogens is 3. The summed E-state index contributed by atoms with van der Waals surface area (Å²) in [5.74, 6) is 0. The van der Waals surface area contributed by atoms with Gasteiger partial charge in [-0.2, -0.15) is 13.2 Å². The lowest BCUT2D eigenvalue weighted by Gasteiger charge is -2.13. The molecule has 0 spiro atoms. The van der Waals surface area contributed by atoms with Gasteiger partial charge in [0, 0.05) is 4.90 Å². The minimum atomic E-state index is -4.39. The smallest absolute Gasteiger partial charge is 0.397 e. The fraction of sp³-hybridized carbons (Fsp3) is 0.250. The minimum absolute atomic E-state index is 0.0462. The van der Waals surface area contributed by atoms with Crippen molar-refractivity contribution in [1.82, 2.24) is 0 Å². The molecule has 0 heterocycles. The molecule has 14 heavy (non-hydrogen) atoms. The maximum absolute atomic E-state index is 12.4. The van der Waals surface area contributed by atoms with Gasteiger partial charge in [-0.3, -0.25) is 0 Å². The van der Waals surface area contributed by atoms with Gasteiger partial charge in [0.05, 0.1) is 16.9 Å². The summed E-state index contributed by atoms with van der Waals surface area (Å²) in [6.45, 7) is 0. The normalized spacial score (nSPS) is 11.7. The molecule has 0 fully saturated rings. The first-order chi connectivity index (χ1) is 6.36. The molecular formula is C8H9F3N2S. The maximum Gasteiger partial charge on any atom is 0.417 e. The van der Waals surface area contributed by atoms with E-state index in [0.29, 0.717) is 0 Å². The molecule has 0 atom stereocenters. The number of thioether (sulfide) groups is 1. The lowest BCUT2D eigenvalue weighted by Crippen LogP contribution is -2.09. The summed E-state index contributed by atoms with van der Waals surface area (Å²) in [5.41, 5.74) is 10.1. The van der Waals surface area contributed by atoms with Gasteiger partial charge in [-0.1, -0.05) is 0 Å². The monoisotopic (exact) mass is 222 g/mol. The molecule has 0 aromatic heterocycles. The van der Waals surface area contributed by atoms with E-state index in [2.05, 4.69) is 0 Å². The van der Waals surface area contributed by atoms with E-state index in [1.54, 1.807) is 6.26 Å². The van der Waals surface area contributed by atoms with Crippen molar-refractivity contribution < 1.29 is 13.2 Å². The van der Waals surface area contributed by atoms with Crippen LogP contribution in [0.3, 0.4) is 0 Å². The fourth-order valence-corrected chi connectivity index (χ4v) is 1.64. The molecule has 78 valence electrons. The summed E-state index contributed by atoms with van der Waals surface area (Å²) < 4.78 is 37.3. The van der Waals surface area contributed by atoms with Crippen molar-refractivity contribution in [2.24, 2.45) is 0 Å².